The number of benzene rings is 2. The molecule has 0 N–H and O–H groups in total. The minimum absolute atomic E-state index is 0. The number of nitrogens with zero attached hydrogens (tertiary/aromatic N) is 3. The molecule has 0 saturated heterocycles. The van der Waals surface area contributed by atoms with Crippen molar-refractivity contribution in [1.82, 2.24) is 14.4 Å². The summed E-state index contributed by atoms with van der Waals surface area (Å²) in [5.74, 6) is -0.958. The Morgan fingerprint density at radius 1 is 1.08 bits per heavy atom. The van der Waals surface area contributed by atoms with Crippen LogP contribution in [-0.4, -0.2) is 14.4 Å². The van der Waals surface area contributed by atoms with E-state index in [2.05, 4.69) is 59.5 Å². The zero-order valence-electron chi connectivity index (χ0n) is 21.2. The first-order chi connectivity index (χ1) is 17.7. The molecule has 2 unspecified atom stereocenters. The van der Waals surface area contributed by atoms with Gasteiger partial charge in [-0.15, -0.1) is 47.2 Å². The van der Waals surface area contributed by atoms with Gasteiger partial charge in [0.15, 0.2) is 0 Å². The first kappa shape index (κ1) is 26.3. The molecule has 2 bridgehead atoms. The van der Waals surface area contributed by atoms with E-state index in [1.165, 1.54) is 5.69 Å². The van der Waals surface area contributed by atoms with Crippen LogP contribution < -0.4 is 5.56 Å². The molecule has 5 aromatic rings. The van der Waals surface area contributed by atoms with Gasteiger partial charge in [-0.3, -0.25) is 13.6 Å². The van der Waals surface area contributed by atoms with E-state index in [1.807, 2.05) is 18.2 Å². The first-order valence-corrected chi connectivity index (χ1v) is 12.4. The predicted octanol–water partition coefficient (Wildman–Crippen LogP) is 6.65. The van der Waals surface area contributed by atoms with Crippen LogP contribution in [0.25, 0.3) is 27.7 Å². The van der Waals surface area contributed by atoms with Crippen LogP contribution in [0, 0.1) is 29.2 Å². The number of hydrogen-bond acceptors (Lipinski definition) is 3. The van der Waals surface area contributed by atoms with Crippen molar-refractivity contribution in [2.24, 2.45) is 5.41 Å². The molecule has 7 heteroatoms. The van der Waals surface area contributed by atoms with Crippen LogP contribution in [0.1, 0.15) is 50.8 Å². The van der Waals surface area contributed by atoms with Gasteiger partial charge in [-0.1, -0.05) is 50.6 Å². The van der Waals surface area contributed by atoms with Crippen LogP contribution >= 0.6 is 0 Å². The second-order valence-electron chi connectivity index (χ2n) is 10.6. The number of halogens is 2. The van der Waals surface area contributed by atoms with E-state index in [0.717, 1.165) is 47.0 Å². The topological polar surface area (TPSA) is 47.3 Å². The molecule has 2 atom stereocenters. The minimum atomic E-state index is -0.649. The summed E-state index contributed by atoms with van der Waals surface area (Å²) in [6.45, 7) is 6.94. The zero-order valence-corrected chi connectivity index (χ0v) is 23.6. The van der Waals surface area contributed by atoms with Gasteiger partial charge in [-0.05, 0) is 42.1 Å². The number of pyridine rings is 2. The third kappa shape index (κ3) is 3.83. The van der Waals surface area contributed by atoms with Gasteiger partial charge in [0.1, 0.15) is 0 Å². The Kier molecular flexibility index (Phi) is 6.57. The van der Waals surface area contributed by atoms with Crippen LogP contribution in [0.5, 0.6) is 0 Å². The molecular formula is C31H25F2IrN3O-2. The largest absolute Gasteiger partial charge is 0.345 e. The van der Waals surface area contributed by atoms with Crippen LogP contribution in [0.4, 0.5) is 8.78 Å². The smallest absolute Gasteiger partial charge is 0.267 e. The maximum atomic E-state index is 13.2. The van der Waals surface area contributed by atoms with Crippen molar-refractivity contribution in [2.75, 3.05) is 0 Å². The van der Waals surface area contributed by atoms with Crippen molar-refractivity contribution < 1.29 is 28.9 Å². The Labute approximate surface area is 233 Å². The van der Waals surface area contributed by atoms with Crippen molar-refractivity contribution in [1.29, 1.82) is 0 Å². The summed E-state index contributed by atoms with van der Waals surface area (Å²) in [6.07, 6.45) is 5.86. The molecule has 2 aromatic carbocycles. The van der Waals surface area contributed by atoms with Gasteiger partial charge in [-0.2, -0.15) is 0 Å². The molecule has 3 aromatic heterocycles. The molecule has 1 fully saturated rings. The summed E-state index contributed by atoms with van der Waals surface area (Å²) in [5, 5.41) is 2.01. The molecule has 195 valence electrons. The maximum Gasteiger partial charge on any atom is 0.267 e. The minimum Gasteiger partial charge on any atom is -0.345 e. The molecule has 0 spiro atoms. The number of rotatable bonds is 1. The number of hydrogen-bond donors (Lipinski definition) is 0. The number of fused-ring (bicyclic) bond motifs is 9. The van der Waals surface area contributed by atoms with Crippen molar-refractivity contribution >= 4 is 16.4 Å². The maximum absolute atomic E-state index is 13.2. The van der Waals surface area contributed by atoms with Gasteiger partial charge in [0.05, 0.1) is 5.65 Å². The van der Waals surface area contributed by atoms with Gasteiger partial charge >= 0.3 is 0 Å². The van der Waals surface area contributed by atoms with Crippen LogP contribution in [0.3, 0.4) is 0 Å². The third-order valence-electron chi connectivity index (χ3n) is 8.55. The summed E-state index contributed by atoms with van der Waals surface area (Å²) >= 11 is 0. The van der Waals surface area contributed by atoms with E-state index >= 15 is 0 Å². The van der Waals surface area contributed by atoms with E-state index in [0.29, 0.717) is 11.6 Å². The van der Waals surface area contributed by atoms with Crippen LogP contribution in [-0.2, 0) is 25.5 Å². The van der Waals surface area contributed by atoms with E-state index in [9.17, 15) is 13.6 Å². The number of aromatic nitrogens is 3. The summed E-state index contributed by atoms with van der Waals surface area (Å²) in [6, 6.07) is 20.8. The van der Waals surface area contributed by atoms with E-state index < -0.39 is 11.6 Å². The summed E-state index contributed by atoms with van der Waals surface area (Å²) in [5.41, 5.74) is 3.62. The Bertz CT molecular complexity index is 1740. The molecule has 1 saturated carbocycles. The predicted molar refractivity (Wildman–Crippen MR) is 139 cm³/mol. The normalized spacial score (nSPS) is 20.5. The van der Waals surface area contributed by atoms with E-state index in [4.69, 9.17) is 0 Å². The summed E-state index contributed by atoms with van der Waals surface area (Å²) in [4.78, 5) is 21.3. The first-order valence-electron chi connectivity index (χ1n) is 12.4. The molecule has 0 amide bonds. The van der Waals surface area contributed by atoms with Gasteiger partial charge in [-0.25, -0.2) is 4.98 Å². The van der Waals surface area contributed by atoms with Crippen molar-refractivity contribution in [2.45, 2.75) is 44.9 Å². The fourth-order valence-corrected chi connectivity index (χ4v) is 6.26. The second kappa shape index (κ2) is 9.48. The Balaban J connectivity index is 0.000000170. The quantitative estimate of drug-likeness (QED) is 0.147. The fraction of sp³-hybridized carbons (Fsp3) is 0.258. The van der Waals surface area contributed by atoms with Crippen LogP contribution in [0.2, 0.25) is 0 Å². The average molecular weight is 686 g/mol. The Morgan fingerprint density at radius 2 is 1.89 bits per heavy atom. The van der Waals surface area contributed by atoms with Crippen molar-refractivity contribution in [3.8, 4) is 11.3 Å². The van der Waals surface area contributed by atoms with Crippen molar-refractivity contribution in [3.63, 3.8) is 0 Å². The molecule has 4 nitrogen and oxygen atoms in total. The Morgan fingerprint density at radius 3 is 2.63 bits per heavy atom. The molecule has 0 aliphatic heterocycles. The van der Waals surface area contributed by atoms with Crippen LogP contribution in [0.15, 0.2) is 71.8 Å². The molecule has 7 rings (SSSR count). The Hall–Kier alpha value is -3.28. The van der Waals surface area contributed by atoms with Crippen molar-refractivity contribution in [3.05, 3.63) is 112 Å². The zero-order chi connectivity index (χ0) is 25.9. The standard InChI is InChI=1S/C20H19N2O.C11H6F2N.Ir/c1-19(2)14-8-10-20(19,3)16-15(14)18(23)21-17-13-7-5-4-6-12(13)9-11-22(16)17;12-8-4-5-9(10(13)7-8)11-3-1-2-6-14-11;/h4-6,9,11,14H,8,10H2,1-3H3;1-4,6-7H;/q2*-1;. The summed E-state index contributed by atoms with van der Waals surface area (Å²) in [7, 11) is 0. The summed E-state index contributed by atoms with van der Waals surface area (Å²) < 4.78 is 28.0. The molecule has 38 heavy (non-hydrogen) atoms. The van der Waals surface area contributed by atoms with E-state index in [-0.39, 0.29) is 42.1 Å². The molecule has 2 aliphatic rings. The van der Waals surface area contributed by atoms with Gasteiger partial charge < -0.3 is 9.38 Å². The monoisotopic (exact) mass is 686 g/mol. The fourth-order valence-electron chi connectivity index (χ4n) is 6.26. The van der Waals surface area contributed by atoms with Gasteiger partial charge in [0.2, 0.25) is 0 Å². The second-order valence-corrected chi connectivity index (χ2v) is 10.6. The molecule has 2 aliphatic carbocycles. The molecular weight excluding hydrogens is 661 g/mol. The average Bonchev–Trinajstić information content (AvgIpc) is 3.23. The SMILES string of the molecule is CC12CCC(c3c1n1ccc4ccc[c-]c4c1nc3=O)C2(C)C.Fc1c[c-]c(-c2ccccn2)c(F)c1.[Ir]. The third-order valence-corrected chi connectivity index (χ3v) is 8.55. The molecule has 3 heterocycles. The molecule has 1 radical (unpaired) electrons. The van der Waals surface area contributed by atoms with E-state index in [1.54, 1.807) is 24.4 Å². The van der Waals surface area contributed by atoms with Gasteiger partial charge in [0.25, 0.3) is 5.56 Å². The van der Waals surface area contributed by atoms with Gasteiger partial charge in [0, 0.05) is 54.6 Å².